The zero-order chi connectivity index (χ0) is 23.4. The maximum Gasteiger partial charge on any atom is 0.223 e. The summed E-state index contributed by atoms with van der Waals surface area (Å²) in [5, 5.41) is 8.14. The highest BCUT2D eigenvalue weighted by Gasteiger charge is 2.26. The third kappa shape index (κ3) is 6.06. The number of hydrogen-bond acceptors (Lipinski definition) is 5. The lowest BCUT2D eigenvalue weighted by Gasteiger charge is -2.33. The molecule has 0 saturated carbocycles. The predicted molar refractivity (Wildman–Crippen MR) is 128 cm³/mol. The molecular formula is C27H34N4O2. The van der Waals surface area contributed by atoms with E-state index in [1.165, 1.54) is 16.7 Å². The van der Waals surface area contributed by atoms with Crippen LogP contribution in [-0.2, 0) is 17.6 Å². The van der Waals surface area contributed by atoms with E-state index in [0.717, 1.165) is 43.7 Å². The number of amides is 1. The van der Waals surface area contributed by atoms with Crippen molar-refractivity contribution in [1.29, 1.82) is 0 Å². The monoisotopic (exact) mass is 446 g/mol. The lowest BCUT2D eigenvalue weighted by molar-refractivity contribution is -0.132. The molecule has 0 aliphatic carbocycles. The lowest BCUT2D eigenvalue weighted by atomic mass is 9.92. The van der Waals surface area contributed by atoms with E-state index < -0.39 is 0 Å². The molecule has 1 aliphatic rings. The molecule has 33 heavy (non-hydrogen) atoms. The normalized spacial score (nSPS) is 16.4. The van der Waals surface area contributed by atoms with Gasteiger partial charge in [-0.1, -0.05) is 43.7 Å². The van der Waals surface area contributed by atoms with Crippen LogP contribution < -0.4 is 0 Å². The summed E-state index contributed by atoms with van der Waals surface area (Å²) in [4.78, 5) is 19.7. The highest BCUT2D eigenvalue weighted by atomic mass is 16.4. The fraction of sp³-hybridized carbons (Fsp3) is 0.481. The molecule has 174 valence electrons. The number of hydrogen-bond donors (Lipinski definition) is 0. The molecule has 1 aromatic carbocycles. The largest absolute Gasteiger partial charge is 0.425 e. The van der Waals surface area contributed by atoms with Crippen molar-refractivity contribution in [1.82, 2.24) is 20.1 Å². The number of carbonyl (C=O) groups excluding carboxylic acids is 1. The van der Waals surface area contributed by atoms with E-state index in [9.17, 15) is 4.79 Å². The fourth-order valence-electron chi connectivity index (χ4n) is 4.56. The number of likely N-dealkylation sites (tertiary alicyclic amines) is 1. The van der Waals surface area contributed by atoms with Gasteiger partial charge in [-0.25, -0.2) is 0 Å². The van der Waals surface area contributed by atoms with Crippen molar-refractivity contribution in [3.8, 4) is 0 Å². The summed E-state index contributed by atoms with van der Waals surface area (Å²) in [7, 11) is 0. The second-order valence-electron chi connectivity index (χ2n) is 9.58. The Bertz CT molecular complexity index is 1110. The van der Waals surface area contributed by atoms with Gasteiger partial charge in [0.05, 0.1) is 0 Å². The SMILES string of the molecule is Cc1cccc(Cc2cc(C)nc(C3CCCN(C(=O)CCc4nnc(C(C)C)o4)C3)c2)c1. The number of nitrogens with zero attached hydrogens (tertiary/aromatic N) is 4. The number of benzene rings is 1. The number of aromatic nitrogens is 3. The van der Waals surface area contributed by atoms with E-state index in [0.29, 0.717) is 24.6 Å². The first-order valence-corrected chi connectivity index (χ1v) is 12.0. The molecule has 3 heterocycles. The molecule has 6 heteroatoms. The summed E-state index contributed by atoms with van der Waals surface area (Å²) in [6, 6.07) is 13.1. The minimum absolute atomic E-state index is 0.150. The fourth-order valence-corrected chi connectivity index (χ4v) is 4.56. The Kier molecular flexibility index (Phi) is 7.21. The highest BCUT2D eigenvalue weighted by Crippen LogP contribution is 2.28. The molecule has 1 unspecified atom stereocenters. The van der Waals surface area contributed by atoms with E-state index in [1.54, 1.807) is 0 Å². The minimum atomic E-state index is 0.150. The highest BCUT2D eigenvalue weighted by molar-refractivity contribution is 5.76. The van der Waals surface area contributed by atoms with Gasteiger partial charge in [0, 0.05) is 49.2 Å². The lowest BCUT2D eigenvalue weighted by Crippen LogP contribution is -2.39. The van der Waals surface area contributed by atoms with Crippen LogP contribution in [0.3, 0.4) is 0 Å². The maximum atomic E-state index is 12.9. The molecule has 0 radical (unpaired) electrons. The first kappa shape index (κ1) is 23.1. The van der Waals surface area contributed by atoms with Crippen LogP contribution in [0.2, 0.25) is 0 Å². The molecule has 3 aromatic rings. The Balaban J connectivity index is 1.40. The van der Waals surface area contributed by atoms with Gasteiger partial charge in [-0.05, 0) is 56.4 Å². The van der Waals surface area contributed by atoms with Crippen LogP contribution in [0.1, 0.15) is 84.8 Å². The molecule has 1 amide bonds. The Morgan fingerprint density at radius 3 is 2.76 bits per heavy atom. The van der Waals surface area contributed by atoms with Crippen molar-refractivity contribution in [2.75, 3.05) is 13.1 Å². The first-order chi connectivity index (χ1) is 15.9. The topological polar surface area (TPSA) is 72.1 Å². The Labute approximate surface area is 196 Å². The van der Waals surface area contributed by atoms with Gasteiger partial charge in [-0.3, -0.25) is 9.78 Å². The molecular weight excluding hydrogens is 412 g/mol. The Morgan fingerprint density at radius 2 is 2.00 bits per heavy atom. The summed E-state index contributed by atoms with van der Waals surface area (Å²) in [6.07, 6.45) is 3.84. The van der Waals surface area contributed by atoms with Gasteiger partial charge < -0.3 is 9.32 Å². The van der Waals surface area contributed by atoms with Gasteiger partial charge in [-0.2, -0.15) is 0 Å². The number of carbonyl (C=O) groups is 1. The van der Waals surface area contributed by atoms with Crippen LogP contribution in [0.4, 0.5) is 0 Å². The third-order valence-corrected chi connectivity index (χ3v) is 6.25. The maximum absolute atomic E-state index is 12.9. The van der Waals surface area contributed by atoms with E-state index in [2.05, 4.69) is 60.4 Å². The molecule has 0 bridgehead atoms. The van der Waals surface area contributed by atoms with E-state index in [4.69, 9.17) is 9.40 Å². The van der Waals surface area contributed by atoms with Crippen LogP contribution in [0.5, 0.6) is 0 Å². The average molecular weight is 447 g/mol. The molecule has 1 aliphatic heterocycles. The molecule has 1 saturated heterocycles. The quantitative estimate of drug-likeness (QED) is 0.503. The summed E-state index contributed by atoms with van der Waals surface area (Å²) < 4.78 is 5.65. The van der Waals surface area contributed by atoms with Gasteiger partial charge in [0.25, 0.3) is 0 Å². The van der Waals surface area contributed by atoms with Crippen LogP contribution in [0, 0.1) is 13.8 Å². The molecule has 1 fully saturated rings. The molecule has 2 aromatic heterocycles. The van der Waals surface area contributed by atoms with Crippen molar-refractivity contribution in [3.63, 3.8) is 0 Å². The number of pyridine rings is 1. The standard InChI is InChI=1S/C27H34N4O2/c1-18(2)27-30-29-25(33-27)10-11-26(32)31-12-6-9-23(17-31)24-16-22(14-20(4)28-24)15-21-8-5-7-19(3)13-21/h5,7-8,13-14,16,18,23H,6,9-12,15,17H2,1-4H3. The van der Waals surface area contributed by atoms with E-state index >= 15 is 0 Å². The first-order valence-electron chi connectivity index (χ1n) is 12.0. The molecule has 4 rings (SSSR count). The molecule has 6 nitrogen and oxygen atoms in total. The van der Waals surface area contributed by atoms with Crippen molar-refractivity contribution in [3.05, 3.63) is 76.3 Å². The van der Waals surface area contributed by atoms with Gasteiger partial charge in [-0.15, -0.1) is 10.2 Å². The van der Waals surface area contributed by atoms with Crippen LogP contribution >= 0.6 is 0 Å². The van der Waals surface area contributed by atoms with Crippen molar-refractivity contribution >= 4 is 5.91 Å². The summed E-state index contributed by atoms with van der Waals surface area (Å²) in [5.74, 6) is 1.79. The molecule has 0 N–H and O–H groups in total. The van der Waals surface area contributed by atoms with Gasteiger partial charge in [0.15, 0.2) is 0 Å². The second-order valence-corrected chi connectivity index (χ2v) is 9.58. The Hall–Kier alpha value is -3.02. The summed E-state index contributed by atoms with van der Waals surface area (Å²) in [6.45, 7) is 9.75. The molecule has 1 atom stereocenters. The van der Waals surface area contributed by atoms with Crippen LogP contribution in [-0.4, -0.2) is 39.1 Å². The number of aryl methyl sites for hydroxylation is 3. The average Bonchev–Trinajstić information content (AvgIpc) is 3.27. The summed E-state index contributed by atoms with van der Waals surface area (Å²) in [5.41, 5.74) is 6.02. The van der Waals surface area contributed by atoms with E-state index in [1.807, 2.05) is 18.7 Å². The van der Waals surface area contributed by atoms with Crippen LogP contribution in [0.25, 0.3) is 0 Å². The van der Waals surface area contributed by atoms with Gasteiger partial charge in [0.2, 0.25) is 17.7 Å². The van der Waals surface area contributed by atoms with Crippen LogP contribution in [0.15, 0.2) is 40.8 Å². The molecule has 0 spiro atoms. The smallest absolute Gasteiger partial charge is 0.223 e. The number of piperidine rings is 1. The zero-order valence-electron chi connectivity index (χ0n) is 20.2. The second kappa shape index (κ2) is 10.3. The zero-order valence-corrected chi connectivity index (χ0v) is 20.2. The summed E-state index contributed by atoms with van der Waals surface area (Å²) >= 11 is 0. The third-order valence-electron chi connectivity index (χ3n) is 6.25. The predicted octanol–water partition coefficient (Wildman–Crippen LogP) is 5.13. The number of rotatable bonds is 7. The van der Waals surface area contributed by atoms with Gasteiger partial charge >= 0.3 is 0 Å². The van der Waals surface area contributed by atoms with Crippen molar-refractivity contribution in [2.24, 2.45) is 0 Å². The minimum Gasteiger partial charge on any atom is -0.425 e. The van der Waals surface area contributed by atoms with Crippen molar-refractivity contribution < 1.29 is 9.21 Å². The van der Waals surface area contributed by atoms with Crippen molar-refractivity contribution in [2.45, 2.75) is 71.6 Å². The Morgan fingerprint density at radius 1 is 1.15 bits per heavy atom. The van der Waals surface area contributed by atoms with E-state index in [-0.39, 0.29) is 17.7 Å². The van der Waals surface area contributed by atoms with Gasteiger partial charge in [0.1, 0.15) is 0 Å².